The number of pyridine rings is 1. The number of anilines is 1. The second kappa shape index (κ2) is 9.71. The highest BCUT2D eigenvalue weighted by Gasteiger charge is 2.40. The molecule has 186 valence electrons. The predicted molar refractivity (Wildman–Crippen MR) is 126 cm³/mol. The molecule has 2 fully saturated rings. The molecule has 0 spiro atoms. The van der Waals surface area contributed by atoms with Crippen molar-refractivity contribution in [1.82, 2.24) is 9.88 Å². The largest absolute Gasteiger partial charge is 0.479 e. The fourth-order valence-corrected chi connectivity index (χ4v) is 4.38. The minimum Gasteiger partial charge on any atom is -0.479 e. The molecule has 1 aliphatic carbocycles. The topological polar surface area (TPSA) is 132 Å². The van der Waals surface area contributed by atoms with Crippen molar-refractivity contribution in [1.29, 1.82) is 0 Å². The van der Waals surface area contributed by atoms with Crippen LogP contribution in [-0.4, -0.2) is 64.6 Å². The number of aliphatic hydroxyl groups excluding tert-OH is 1. The van der Waals surface area contributed by atoms with Gasteiger partial charge in [0.25, 0.3) is 0 Å². The second-order valence-corrected chi connectivity index (χ2v) is 9.77. The van der Waals surface area contributed by atoms with E-state index in [-0.39, 0.29) is 22.4 Å². The van der Waals surface area contributed by atoms with Crippen LogP contribution in [0.5, 0.6) is 0 Å². The Morgan fingerprint density at radius 1 is 1.26 bits per heavy atom. The zero-order valence-electron chi connectivity index (χ0n) is 19.8. The van der Waals surface area contributed by atoms with Gasteiger partial charge in [0.15, 0.2) is 0 Å². The Morgan fingerprint density at radius 3 is 2.38 bits per heavy atom. The van der Waals surface area contributed by atoms with Crippen LogP contribution >= 0.6 is 0 Å². The third-order valence-electron chi connectivity index (χ3n) is 6.56. The summed E-state index contributed by atoms with van der Waals surface area (Å²) >= 11 is 0. The molecule has 1 aliphatic heterocycles. The number of halogens is 1. The molecule has 1 aromatic carbocycles. The van der Waals surface area contributed by atoms with Crippen molar-refractivity contribution in [2.24, 2.45) is 11.3 Å². The molecule has 0 radical (unpaired) electrons. The van der Waals surface area contributed by atoms with Gasteiger partial charge in [-0.05, 0) is 56.8 Å². The Hall–Kier alpha value is -2.98. The molecule has 4 rings (SSSR count). The van der Waals surface area contributed by atoms with E-state index < -0.39 is 29.3 Å². The molecule has 4 N–H and O–H groups in total. The van der Waals surface area contributed by atoms with Gasteiger partial charge >= 0.3 is 11.9 Å². The van der Waals surface area contributed by atoms with E-state index in [1.165, 1.54) is 19.2 Å². The Morgan fingerprint density at radius 2 is 1.88 bits per heavy atom. The van der Waals surface area contributed by atoms with E-state index in [1.54, 1.807) is 6.07 Å². The lowest BCUT2D eigenvalue weighted by molar-refractivity contribution is -0.145. The fourth-order valence-electron chi connectivity index (χ4n) is 4.38. The summed E-state index contributed by atoms with van der Waals surface area (Å²) < 4.78 is 16.9. The second-order valence-electron chi connectivity index (χ2n) is 9.77. The zero-order valence-corrected chi connectivity index (χ0v) is 19.8. The number of aliphatic hydroxyl groups is 1. The number of aromatic nitrogens is 1. The van der Waals surface area contributed by atoms with Crippen LogP contribution in [0.4, 0.5) is 10.1 Å². The highest BCUT2D eigenvalue weighted by molar-refractivity contribution is 5.93. The monoisotopic (exact) mass is 477 g/mol. The minimum absolute atomic E-state index is 0.0354. The van der Waals surface area contributed by atoms with Crippen molar-refractivity contribution in [2.45, 2.75) is 45.8 Å². The lowest BCUT2D eigenvalue weighted by Crippen LogP contribution is -2.30. The van der Waals surface area contributed by atoms with Gasteiger partial charge in [-0.3, -0.25) is 4.79 Å². The standard InChI is InChI=1S/C21H26FN3O3.C3H6O3/c1-21(2)11-24(9-12(21)8-23-3)18-7-17-14(6-16(18)22)19(26)15(20(27)28)10-25(17)13-4-5-13;1-2(4)3(5)6/h6-7,10,12-13,23H,4-5,8-9,11H2,1-3H3,(H,27,28);2,4H,1H3,(H,5,6). The van der Waals surface area contributed by atoms with Crippen LogP contribution in [0.15, 0.2) is 23.1 Å². The summed E-state index contributed by atoms with van der Waals surface area (Å²) in [4.78, 5) is 35.6. The summed E-state index contributed by atoms with van der Waals surface area (Å²) in [6.07, 6.45) is 2.06. The summed E-state index contributed by atoms with van der Waals surface area (Å²) in [6, 6.07) is 3.12. The molecule has 2 aliphatic rings. The van der Waals surface area contributed by atoms with Crippen LogP contribution in [0.25, 0.3) is 10.9 Å². The quantitative estimate of drug-likeness (QED) is 0.498. The van der Waals surface area contributed by atoms with E-state index >= 15 is 4.39 Å². The SMILES string of the molecule is CC(O)C(=O)O.CNCC1CN(c2cc3c(cc2F)c(=O)c(C(=O)O)cn3C2CC2)CC1(C)C. The highest BCUT2D eigenvalue weighted by Crippen LogP contribution is 2.41. The summed E-state index contributed by atoms with van der Waals surface area (Å²) in [6.45, 7) is 7.88. The van der Waals surface area contributed by atoms with Crippen molar-refractivity contribution in [3.63, 3.8) is 0 Å². The third kappa shape index (κ3) is 5.23. The predicted octanol–water partition coefficient (Wildman–Crippen LogP) is 2.31. The Kier molecular flexibility index (Phi) is 7.32. The van der Waals surface area contributed by atoms with E-state index in [0.717, 1.165) is 32.5 Å². The molecular formula is C24H32FN3O6. The number of carboxylic acid groups (broad SMARTS) is 2. The van der Waals surface area contributed by atoms with Crippen LogP contribution in [0.2, 0.25) is 0 Å². The molecule has 2 atom stereocenters. The van der Waals surface area contributed by atoms with E-state index in [9.17, 15) is 19.5 Å². The number of hydrogen-bond acceptors (Lipinski definition) is 6. The van der Waals surface area contributed by atoms with Crippen molar-refractivity contribution < 1.29 is 29.3 Å². The number of benzene rings is 1. The maximum atomic E-state index is 15.0. The first-order valence-corrected chi connectivity index (χ1v) is 11.3. The number of aliphatic carboxylic acids is 1. The van der Waals surface area contributed by atoms with Gasteiger partial charge in [0.05, 0.1) is 11.2 Å². The Bertz CT molecular complexity index is 1160. The van der Waals surface area contributed by atoms with Crippen molar-refractivity contribution >= 4 is 28.5 Å². The molecular weight excluding hydrogens is 445 g/mol. The third-order valence-corrected chi connectivity index (χ3v) is 6.56. The highest BCUT2D eigenvalue weighted by atomic mass is 19.1. The van der Waals surface area contributed by atoms with Crippen LogP contribution in [0.1, 0.15) is 50.0 Å². The minimum atomic E-state index is -1.28. The summed E-state index contributed by atoms with van der Waals surface area (Å²) in [7, 11) is 1.92. The molecule has 1 saturated heterocycles. The molecule has 0 amide bonds. The Labute approximate surface area is 196 Å². The van der Waals surface area contributed by atoms with Gasteiger partial charge in [-0.15, -0.1) is 0 Å². The normalized spacial score (nSPS) is 20.1. The Balaban J connectivity index is 0.000000481. The smallest absolute Gasteiger partial charge is 0.341 e. The molecule has 9 nitrogen and oxygen atoms in total. The van der Waals surface area contributed by atoms with Crippen LogP contribution in [0.3, 0.4) is 0 Å². The fraction of sp³-hybridized carbons (Fsp3) is 0.542. The maximum absolute atomic E-state index is 15.0. The number of hydrogen-bond donors (Lipinski definition) is 4. The number of carbonyl (C=O) groups is 2. The number of nitrogens with one attached hydrogen (secondary N) is 1. The van der Waals surface area contributed by atoms with Gasteiger partial charge < -0.3 is 30.1 Å². The van der Waals surface area contributed by atoms with Gasteiger partial charge in [0.2, 0.25) is 5.43 Å². The summed E-state index contributed by atoms with van der Waals surface area (Å²) in [5, 5.41) is 28.5. The van der Waals surface area contributed by atoms with Crippen molar-refractivity contribution in [2.75, 3.05) is 31.6 Å². The summed E-state index contributed by atoms with van der Waals surface area (Å²) in [5.41, 5.74) is 0.204. The first kappa shape index (κ1) is 25.6. The average molecular weight is 478 g/mol. The number of rotatable bonds is 6. The maximum Gasteiger partial charge on any atom is 0.341 e. The molecule has 10 heteroatoms. The lowest BCUT2D eigenvalue weighted by Gasteiger charge is -2.25. The van der Waals surface area contributed by atoms with Crippen LogP contribution in [-0.2, 0) is 4.79 Å². The molecule has 1 aromatic heterocycles. The van der Waals surface area contributed by atoms with Gasteiger partial charge in [-0.25, -0.2) is 14.0 Å². The molecule has 34 heavy (non-hydrogen) atoms. The van der Waals surface area contributed by atoms with E-state index in [4.69, 9.17) is 10.2 Å². The number of fused-ring (bicyclic) bond motifs is 1. The zero-order chi connectivity index (χ0) is 25.4. The molecule has 2 aromatic rings. The van der Waals surface area contributed by atoms with E-state index in [2.05, 4.69) is 19.2 Å². The number of nitrogens with zero attached hydrogens (tertiary/aromatic N) is 2. The van der Waals surface area contributed by atoms with E-state index in [0.29, 0.717) is 17.1 Å². The van der Waals surface area contributed by atoms with Crippen molar-refractivity contribution in [3.8, 4) is 0 Å². The van der Waals surface area contributed by atoms with Crippen molar-refractivity contribution in [3.05, 3.63) is 39.9 Å². The van der Waals surface area contributed by atoms with Gasteiger partial charge in [0.1, 0.15) is 17.5 Å². The van der Waals surface area contributed by atoms with Gasteiger partial charge in [-0.2, -0.15) is 0 Å². The van der Waals surface area contributed by atoms with Crippen LogP contribution < -0.4 is 15.6 Å². The molecule has 0 bridgehead atoms. The number of carboxylic acids is 2. The molecule has 2 unspecified atom stereocenters. The number of aromatic carboxylic acids is 1. The lowest BCUT2D eigenvalue weighted by atomic mass is 9.82. The molecule has 1 saturated carbocycles. The van der Waals surface area contributed by atoms with Gasteiger partial charge in [-0.1, -0.05) is 13.8 Å². The summed E-state index contributed by atoms with van der Waals surface area (Å²) in [5.74, 6) is -2.56. The molecule has 2 heterocycles. The van der Waals surface area contributed by atoms with Gasteiger partial charge in [0, 0.05) is 30.7 Å². The first-order valence-electron chi connectivity index (χ1n) is 11.3. The first-order chi connectivity index (χ1) is 15.9. The van der Waals surface area contributed by atoms with Crippen LogP contribution in [0, 0.1) is 17.2 Å². The van der Waals surface area contributed by atoms with E-state index in [1.807, 2.05) is 16.5 Å². The average Bonchev–Trinajstić information content (AvgIpc) is 3.53.